The molecule has 2 fully saturated rings. The van der Waals surface area contributed by atoms with Crippen LogP contribution in [0, 0.1) is 5.92 Å². The summed E-state index contributed by atoms with van der Waals surface area (Å²) >= 11 is 9.96. The molecule has 0 unspecified atom stereocenters. The van der Waals surface area contributed by atoms with Gasteiger partial charge in [0.15, 0.2) is 0 Å². The lowest BCUT2D eigenvalue weighted by molar-refractivity contribution is 0.248. The van der Waals surface area contributed by atoms with Gasteiger partial charge < -0.3 is 4.90 Å². The number of anilines is 1. The van der Waals surface area contributed by atoms with Gasteiger partial charge in [0.1, 0.15) is 0 Å². The van der Waals surface area contributed by atoms with E-state index in [1.165, 1.54) is 43.7 Å². The predicted molar refractivity (Wildman–Crippen MR) is 85.5 cm³/mol. The Morgan fingerprint density at radius 3 is 2.53 bits per heavy atom. The van der Waals surface area contributed by atoms with E-state index in [9.17, 15) is 0 Å². The molecule has 4 heteroatoms. The van der Waals surface area contributed by atoms with Gasteiger partial charge in [-0.15, -0.1) is 0 Å². The van der Waals surface area contributed by atoms with E-state index in [0.29, 0.717) is 0 Å². The monoisotopic (exact) mass is 342 g/mol. The van der Waals surface area contributed by atoms with Crippen LogP contribution in [-0.4, -0.2) is 37.6 Å². The first-order valence-electron chi connectivity index (χ1n) is 7.08. The first kappa shape index (κ1) is 13.7. The van der Waals surface area contributed by atoms with Crippen molar-refractivity contribution in [1.82, 2.24) is 4.90 Å². The molecule has 2 aliphatic rings. The van der Waals surface area contributed by atoms with Crippen molar-refractivity contribution < 1.29 is 0 Å². The van der Waals surface area contributed by atoms with Crippen LogP contribution in [0.4, 0.5) is 5.69 Å². The molecule has 0 atom stereocenters. The van der Waals surface area contributed by atoms with Gasteiger partial charge in [-0.3, -0.25) is 4.90 Å². The van der Waals surface area contributed by atoms with Gasteiger partial charge >= 0.3 is 0 Å². The SMILES string of the molecule is Clc1cccc(CBr)c1N1CCN(CC2CC2)CC1. The maximum atomic E-state index is 6.40. The lowest BCUT2D eigenvalue weighted by atomic mass is 10.1. The summed E-state index contributed by atoms with van der Waals surface area (Å²) in [6, 6.07) is 6.19. The normalized spacial score (nSPS) is 20.8. The van der Waals surface area contributed by atoms with E-state index >= 15 is 0 Å². The van der Waals surface area contributed by atoms with Crippen LogP contribution in [-0.2, 0) is 5.33 Å². The molecule has 1 saturated heterocycles. The fourth-order valence-electron chi connectivity index (χ4n) is 2.84. The minimum absolute atomic E-state index is 0.866. The highest BCUT2D eigenvalue weighted by atomic mass is 79.9. The summed E-state index contributed by atoms with van der Waals surface area (Å²) in [6.45, 7) is 5.83. The van der Waals surface area contributed by atoms with Crippen molar-refractivity contribution in [3.63, 3.8) is 0 Å². The molecule has 1 aromatic carbocycles. The van der Waals surface area contributed by atoms with E-state index in [1.54, 1.807) is 0 Å². The molecular weight excluding hydrogens is 324 g/mol. The maximum Gasteiger partial charge on any atom is 0.0642 e. The van der Waals surface area contributed by atoms with Crippen LogP contribution in [0.1, 0.15) is 18.4 Å². The van der Waals surface area contributed by atoms with E-state index in [1.807, 2.05) is 12.1 Å². The third kappa shape index (κ3) is 3.26. The quantitative estimate of drug-likeness (QED) is 0.768. The second-order valence-electron chi connectivity index (χ2n) is 5.61. The lowest BCUT2D eigenvalue weighted by Gasteiger charge is -2.37. The van der Waals surface area contributed by atoms with Crippen LogP contribution in [0.3, 0.4) is 0 Å². The highest BCUT2D eigenvalue weighted by molar-refractivity contribution is 9.08. The van der Waals surface area contributed by atoms with Crippen molar-refractivity contribution in [3.8, 4) is 0 Å². The standard InChI is InChI=1S/C15H20BrClN2/c16-10-13-2-1-3-14(17)15(13)19-8-6-18(7-9-19)11-12-4-5-12/h1-3,12H,4-11H2. The molecule has 0 bridgehead atoms. The van der Waals surface area contributed by atoms with Gasteiger partial charge in [-0.25, -0.2) is 0 Å². The largest absolute Gasteiger partial charge is 0.368 e. The topological polar surface area (TPSA) is 6.48 Å². The van der Waals surface area contributed by atoms with Crippen molar-refractivity contribution in [2.45, 2.75) is 18.2 Å². The van der Waals surface area contributed by atoms with E-state index in [4.69, 9.17) is 11.6 Å². The van der Waals surface area contributed by atoms with E-state index in [-0.39, 0.29) is 0 Å². The second kappa shape index (κ2) is 6.02. The minimum atomic E-state index is 0.866. The van der Waals surface area contributed by atoms with Gasteiger partial charge in [0.2, 0.25) is 0 Å². The number of rotatable bonds is 4. The summed E-state index contributed by atoms with van der Waals surface area (Å²) in [6.07, 6.45) is 2.89. The number of piperazine rings is 1. The summed E-state index contributed by atoms with van der Waals surface area (Å²) in [7, 11) is 0. The molecule has 1 aliphatic heterocycles. The van der Waals surface area contributed by atoms with Crippen molar-refractivity contribution >= 4 is 33.2 Å². The molecule has 0 radical (unpaired) electrons. The zero-order chi connectivity index (χ0) is 13.2. The Kier molecular flexibility index (Phi) is 4.35. The van der Waals surface area contributed by atoms with E-state index in [0.717, 1.165) is 29.4 Å². The molecule has 1 aromatic rings. The Morgan fingerprint density at radius 1 is 1.16 bits per heavy atom. The number of halogens is 2. The fourth-order valence-corrected chi connectivity index (χ4v) is 3.61. The first-order chi connectivity index (χ1) is 9.28. The van der Waals surface area contributed by atoms with Gasteiger partial charge in [-0.2, -0.15) is 0 Å². The van der Waals surface area contributed by atoms with Crippen LogP contribution in [0.25, 0.3) is 0 Å². The van der Waals surface area contributed by atoms with Crippen molar-refractivity contribution in [3.05, 3.63) is 28.8 Å². The third-order valence-electron chi connectivity index (χ3n) is 4.12. The number of para-hydroxylation sites is 1. The molecule has 2 nitrogen and oxygen atoms in total. The Balaban J connectivity index is 1.67. The summed E-state index contributed by atoms with van der Waals surface area (Å²) in [5.41, 5.74) is 2.52. The van der Waals surface area contributed by atoms with Gasteiger partial charge in [-0.05, 0) is 30.4 Å². The summed E-state index contributed by atoms with van der Waals surface area (Å²) < 4.78 is 0. The molecule has 3 rings (SSSR count). The van der Waals surface area contributed by atoms with E-state index in [2.05, 4.69) is 31.8 Å². The van der Waals surface area contributed by atoms with Crippen LogP contribution in [0.15, 0.2) is 18.2 Å². The van der Waals surface area contributed by atoms with Crippen molar-refractivity contribution in [2.75, 3.05) is 37.6 Å². The fraction of sp³-hybridized carbons (Fsp3) is 0.600. The Hall–Kier alpha value is -0.250. The molecule has 0 N–H and O–H groups in total. The van der Waals surface area contributed by atoms with Gasteiger partial charge in [0, 0.05) is 38.1 Å². The highest BCUT2D eigenvalue weighted by Gasteiger charge is 2.27. The Bertz CT molecular complexity index is 440. The molecule has 0 amide bonds. The van der Waals surface area contributed by atoms with Crippen LogP contribution in [0.5, 0.6) is 0 Å². The average molecular weight is 344 g/mol. The average Bonchev–Trinajstić information content (AvgIpc) is 3.23. The summed E-state index contributed by atoms with van der Waals surface area (Å²) in [5, 5.41) is 1.75. The smallest absolute Gasteiger partial charge is 0.0642 e. The number of hydrogen-bond acceptors (Lipinski definition) is 2. The number of hydrogen-bond donors (Lipinski definition) is 0. The van der Waals surface area contributed by atoms with Crippen molar-refractivity contribution in [2.24, 2.45) is 5.92 Å². The maximum absolute atomic E-state index is 6.40. The molecule has 0 aromatic heterocycles. The molecular formula is C15H20BrClN2. The van der Waals surface area contributed by atoms with Crippen molar-refractivity contribution in [1.29, 1.82) is 0 Å². The van der Waals surface area contributed by atoms with Gasteiger partial charge in [-0.1, -0.05) is 39.7 Å². The molecule has 104 valence electrons. The van der Waals surface area contributed by atoms with Gasteiger partial charge in [0.25, 0.3) is 0 Å². The Morgan fingerprint density at radius 2 is 1.89 bits per heavy atom. The number of alkyl halides is 1. The zero-order valence-corrected chi connectivity index (χ0v) is 13.5. The van der Waals surface area contributed by atoms with Crippen LogP contribution in [0.2, 0.25) is 5.02 Å². The van der Waals surface area contributed by atoms with Crippen LogP contribution >= 0.6 is 27.5 Å². The third-order valence-corrected chi connectivity index (χ3v) is 5.03. The highest BCUT2D eigenvalue weighted by Crippen LogP contribution is 2.33. The predicted octanol–water partition coefficient (Wildman–Crippen LogP) is 3.77. The minimum Gasteiger partial charge on any atom is -0.368 e. The Labute approximate surface area is 128 Å². The zero-order valence-electron chi connectivity index (χ0n) is 11.1. The molecule has 19 heavy (non-hydrogen) atoms. The number of nitrogens with zero attached hydrogens (tertiary/aromatic N) is 2. The molecule has 1 aliphatic carbocycles. The molecule has 1 heterocycles. The lowest BCUT2D eigenvalue weighted by Crippen LogP contribution is -2.47. The first-order valence-corrected chi connectivity index (χ1v) is 8.58. The van der Waals surface area contributed by atoms with E-state index < -0.39 is 0 Å². The van der Waals surface area contributed by atoms with Crippen LogP contribution < -0.4 is 4.90 Å². The summed E-state index contributed by atoms with van der Waals surface area (Å²) in [5.74, 6) is 0.991. The molecule has 1 saturated carbocycles. The summed E-state index contributed by atoms with van der Waals surface area (Å²) in [4.78, 5) is 5.06. The molecule has 0 spiro atoms. The number of benzene rings is 1. The second-order valence-corrected chi connectivity index (χ2v) is 6.58. The van der Waals surface area contributed by atoms with Gasteiger partial charge in [0.05, 0.1) is 10.7 Å².